The van der Waals surface area contributed by atoms with E-state index in [4.69, 9.17) is 11.6 Å². The van der Waals surface area contributed by atoms with Crippen molar-refractivity contribution in [3.8, 4) is 0 Å². The van der Waals surface area contributed by atoms with Crippen LogP contribution in [0, 0.1) is 11.8 Å². The number of hydrogen-bond donors (Lipinski definition) is 0. The van der Waals surface area contributed by atoms with Gasteiger partial charge in [-0.15, -0.1) is 18.2 Å². The Bertz CT molecular complexity index is 108. The van der Waals surface area contributed by atoms with E-state index in [9.17, 15) is 0 Å². The zero-order chi connectivity index (χ0) is 9.40. The van der Waals surface area contributed by atoms with Crippen LogP contribution in [0.15, 0.2) is 12.7 Å². The lowest BCUT2D eigenvalue weighted by Gasteiger charge is -2.15. The van der Waals surface area contributed by atoms with Crippen LogP contribution >= 0.6 is 11.6 Å². The molecule has 1 heteroatoms. The van der Waals surface area contributed by atoms with Crippen LogP contribution in [0.2, 0.25) is 0 Å². The summed E-state index contributed by atoms with van der Waals surface area (Å²) < 4.78 is 0. The van der Waals surface area contributed by atoms with Gasteiger partial charge in [-0.25, -0.2) is 0 Å². The second-order valence-electron chi connectivity index (χ2n) is 3.87. The van der Waals surface area contributed by atoms with Gasteiger partial charge in [-0.3, -0.25) is 0 Å². The van der Waals surface area contributed by atoms with Crippen molar-refractivity contribution in [2.75, 3.05) is 5.88 Å². The number of allylic oxidation sites excluding steroid dienone is 1. The van der Waals surface area contributed by atoms with Crippen LogP contribution in [0.5, 0.6) is 0 Å². The third-order valence-corrected chi connectivity index (χ3v) is 2.48. The zero-order valence-electron chi connectivity index (χ0n) is 8.35. The molecule has 0 heterocycles. The molecule has 0 bridgehead atoms. The smallest absolute Gasteiger partial charge is 0.0251 e. The summed E-state index contributed by atoms with van der Waals surface area (Å²) in [5.74, 6) is 2.30. The van der Waals surface area contributed by atoms with Crippen molar-refractivity contribution in [3.05, 3.63) is 12.7 Å². The summed E-state index contributed by atoms with van der Waals surface area (Å²) in [5.41, 5.74) is 0. The third kappa shape index (κ3) is 6.72. The van der Waals surface area contributed by atoms with Gasteiger partial charge in [-0.05, 0) is 37.5 Å². The number of alkyl halides is 1. The molecule has 0 aliphatic heterocycles. The van der Waals surface area contributed by atoms with E-state index in [0.29, 0.717) is 5.92 Å². The third-order valence-electron chi connectivity index (χ3n) is 2.04. The lowest BCUT2D eigenvalue weighted by molar-refractivity contribution is 0.411. The average Bonchev–Trinajstić information content (AvgIpc) is 2.02. The number of hydrogen-bond acceptors (Lipinski definition) is 0. The van der Waals surface area contributed by atoms with Crippen LogP contribution in [0.25, 0.3) is 0 Å². The van der Waals surface area contributed by atoms with Crippen molar-refractivity contribution in [1.29, 1.82) is 0 Å². The first-order valence-electron chi connectivity index (χ1n) is 4.87. The normalized spacial score (nSPS) is 13.3. The molecule has 1 atom stereocenters. The first-order chi connectivity index (χ1) is 5.70. The Hall–Kier alpha value is 0.0300. The number of rotatable bonds is 7. The second-order valence-corrected chi connectivity index (χ2v) is 4.18. The van der Waals surface area contributed by atoms with E-state index in [1.165, 1.54) is 19.3 Å². The van der Waals surface area contributed by atoms with Crippen molar-refractivity contribution in [3.63, 3.8) is 0 Å². The SMILES string of the molecule is C=CCCCC(CCl)CC(C)C. The van der Waals surface area contributed by atoms with Crippen LogP contribution in [-0.4, -0.2) is 5.88 Å². The minimum absolute atomic E-state index is 0.714. The Balaban J connectivity index is 3.45. The summed E-state index contributed by atoms with van der Waals surface area (Å²) in [7, 11) is 0. The molecular weight excluding hydrogens is 168 g/mol. The fourth-order valence-electron chi connectivity index (χ4n) is 1.48. The average molecular weight is 189 g/mol. The van der Waals surface area contributed by atoms with E-state index in [1.807, 2.05) is 6.08 Å². The van der Waals surface area contributed by atoms with Gasteiger partial charge in [0.25, 0.3) is 0 Å². The number of unbranched alkanes of at least 4 members (excludes halogenated alkanes) is 1. The molecule has 0 spiro atoms. The van der Waals surface area contributed by atoms with E-state index in [-0.39, 0.29) is 0 Å². The lowest BCUT2D eigenvalue weighted by atomic mass is 9.94. The topological polar surface area (TPSA) is 0 Å². The quantitative estimate of drug-likeness (QED) is 0.319. The molecular formula is C11H21Cl. The van der Waals surface area contributed by atoms with E-state index in [2.05, 4.69) is 20.4 Å². The molecule has 0 aliphatic carbocycles. The molecule has 72 valence electrons. The maximum Gasteiger partial charge on any atom is 0.0251 e. The molecule has 0 rings (SSSR count). The maximum atomic E-state index is 5.86. The van der Waals surface area contributed by atoms with E-state index >= 15 is 0 Å². The Morgan fingerprint density at radius 1 is 1.42 bits per heavy atom. The largest absolute Gasteiger partial charge is 0.126 e. The van der Waals surface area contributed by atoms with E-state index in [1.54, 1.807) is 0 Å². The Morgan fingerprint density at radius 3 is 2.50 bits per heavy atom. The van der Waals surface area contributed by atoms with Crippen LogP contribution in [0.4, 0.5) is 0 Å². The zero-order valence-corrected chi connectivity index (χ0v) is 9.11. The highest BCUT2D eigenvalue weighted by Crippen LogP contribution is 2.19. The Labute approximate surface area is 82.0 Å². The molecule has 0 nitrogen and oxygen atoms in total. The first-order valence-corrected chi connectivity index (χ1v) is 5.41. The monoisotopic (exact) mass is 188 g/mol. The van der Waals surface area contributed by atoms with Gasteiger partial charge in [-0.1, -0.05) is 19.9 Å². The summed E-state index contributed by atoms with van der Waals surface area (Å²) >= 11 is 5.86. The molecule has 0 aromatic carbocycles. The molecule has 0 saturated carbocycles. The molecule has 0 amide bonds. The summed E-state index contributed by atoms with van der Waals surface area (Å²) in [4.78, 5) is 0. The van der Waals surface area contributed by atoms with Gasteiger partial charge in [0.2, 0.25) is 0 Å². The van der Waals surface area contributed by atoms with Gasteiger partial charge in [-0.2, -0.15) is 0 Å². The molecule has 0 aromatic heterocycles. The highest BCUT2D eigenvalue weighted by atomic mass is 35.5. The van der Waals surface area contributed by atoms with Crippen molar-refractivity contribution >= 4 is 11.6 Å². The number of halogens is 1. The Kier molecular flexibility index (Phi) is 7.69. The van der Waals surface area contributed by atoms with E-state index in [0.717, 1.165) is 18.2 Å². The second kappa shape index (κ2) is 7.67. The Morgan fingerprint density at radius 2 is 2.08 bits per heavy atom. The molecule has 0 saturated heterocycles. The molecule has 0 aromatic rings. The van der Waals surface area contributed by atoms with Gasteiger partial charge in [0.15, 0.2) is 0 Å². The van der Waals surface area contributed by atoms with Crippen molar-refractivity contribution in [1.82, 2.24) is 0 Å². The first kappa shape index (κ1) is 12.0. The molecule has 0 radical (unpaired) electrons. The lowest BCUT2D eigenvalue weighted by Crippen LogP contribution is -2.06. The highest BCUT2D eigenvalue weighted by molar-refractivity contribution is 6.18. The minimum atomic E-state index is 0.714. The molecule has 0 aliphatic rings. The van der Waals surface area contributed by atoms with Crippen LogP contribution < -0.4 is 0 Å². The van der Waals surface area contributed by atoms with E-state index < -0.39 is 0 Å². The van der Waals surface area contributed by atoms with Gasteiger partial charge < -0.3 is 0 Å². The maximum absolute atomic E-state index is 5.86. The minimum Gasteiger partial charge on any atom is -0.126 e. The molecule has 0 fully saturated rings. The summed E-state index contributed by atoms with van der Waals surface area (Å²) in [6.45, 7) is 8.23. The summed E-state index contributed by atoms with van der Waals surface area (Å²) in [5, 5.41) is 0. The van der Waals surface area contributed by atoms with Gasteiger partial charge >= 0.3 is 0 Å². The molecule has 0 N–H and O–H groups in total. The summed E-state index contributed by atoms with van der Waals surface area (Å²) in [6.07, 6.45) is 6.88. The predicted molar refractivity (Wildman–Crippen MR) is 57.7 cm³/mol. The molecule has 12 heavy (non-hydrogen) atoms. The van der Waals surface area contributed by atoms with Gasteiger partial charge in [0.05, 0.1) is 0 Å². The van der Waals surface area contributed by atoms with Crippen molar-refractivity contribution in [2.45, 2.75) is 39.5 Å². The highest BCUT2D eigenvalue weighted by Gasteiger charge is 2.08. The van der Waals surface area contributed by atoms with Crippen molar-refractivity contribution in [2.24, 2.45) is 11.8 Å². The molecule has 1 unspecified atom stereocenters. The van der Waals surface area contributed by atoms with Crippen LogP contribution in [-0.2, 0) is 0 Å². The van der Waals surface area contributed by atoms with Crippen LogP contribution in [0.3, 0.4) is 0 Å². The van der Waals surface area contributed by atoms with Crippen molar-refractivity contribution < 1.29 is 0 Å². The fraction of sp³-hybridized carbons (Fsp3) is 0.818. The fourth-order valence-corrected chi connectivity index (χ4v) is 1.76. The van der Waals surface area contributed by atoms with Gasteiger partial charge in [0.1, 0.15) is 0 Å². The van der Waals surface area contributed by atoms with Crippen LogP contribution in [0.1, 0.15) is 39.5 Å². The predicted octanol–water partition coefficient (Wildman–Crippen LogP) is 4.24. The standard InChI is InChI=1S/C11H21Cl/c1-4-5-6-7-11(9-12)8-10(2)3/h4,10-11H,1,5-9H2,2-3H3. The van der Waals surface area contributed by atoms with Gasteiger partial charge in [0, 0.05) is 5.88 Å². The summed E-state index contributed by atoms with van der Waals surface area (Å²) in [6, 6.07) is 0.